The second-order valence-electron chi connectivity index (χ2n) is 11.6. The molecule has 1 aliphatic heterocycles. The quantitative estimate of drug-likeness (QED) is 0.221. The summed E-state index contributed by atoms with van der Waals surface area (Å²) >= 11 is 0. The SMILES string of the molecule is C[Si](C)(C)CCOCn1c(=O)c2cnc3[nH]ccc3c2n(C2CCCCN2Cc2ccc(C(F)(F)F)cc2)c1=O. The molecule has 1 N–H and O–H groups in total. The second kappa shape index (κ2) is 11.0. The zero-order chi connectivity index (χ0) is 28.7. The highest BCUT2D eigenvalue weighted by Gasteiger charge is 2.31. The van der Waals surface area contributed by atoms with Gasteiger partial charge in [0.05, 0.1) is 22.6 Å². The standard InChI is InChI=1S/C28H34F3N5O3Si/c1-40(2,3)15-14-39-18-35-26(37)22-16-33-25-21(11-12-32-25)24(22)36(27(35)38)23-6-4-5-13-34(23)17-19-7-9-20(10-8-19)28(29,30)31/h7-12,16,23H,4-6,13-15,17-18H2,1-3H3,(H,32,33). The van der Waals surface area contributed by atoms with Crippen LogP contribution in [0.2, 0.25) is 25.7 Å². The van der Waals surface area contributed by atoms with E-state index in [0.717, 1.165) is 35.6 Å². The van der Waals surface area contributed by atoms with Crippen molar-refractivity contribution in [1.82, 2.24) is 24.0 Å². The van der Waals surface area contributed by atoms with Crippen molar-refractivity contribution in [3.63, 3.8) is 0 Å². The summed E-state index contributed by atoms with van der Waals surface area (Å²) < 4.78 is 47.9. The molecule has 0 amide bonds. The molecule has 4 aromatic rings. The zero-order valence-corrected chi connectivity index (χ0v) is 23.9. The molecule has 0 aliphatic carbocycles. The van der Waals surface area contributed by atoms with Gasteiger partial charge in [0.2, 0.25) is 0 Å². The van der Waals surface area contributed by atoms with Gasteiger partial charge in [-0.05, 0) is 49.1 Å². The Hall–Kier alpha value is -3.22. The van der Waals surface area contributed by atoms with E-state index >= 15 is 0 Å². The van der Waals surface area contributed by atoms with Crippen LogP contribution in [-0.4, -0.2) is 45.2 Å². The molecular formula is C28H34F3N5O3Si. The van der Waals surface area contributed by atoms with Gasteiger partial charge in [-0.1, -0.05) is 31.8 Å². The molecule has 40 heavy (non-hydrogen) atoms. The van der Waals surface area contributed by atoms with E-state index < -0.39 is 37.2 Å². The van der Waals surface area contributed by atoms with Crippen LogP contribution in [0, 0.1) is 0 Å². The van der Waals surface area contributed by atoms with Gasteiger partial charge >= 0.3 is 11.9 Å². The average Bonchev–Trinajstić information content (AvgIpc) is 3.37. The molecule has 0 radical (unpaired) electrons. The van der Waals surface area contributed by atoms with Crippen LogP contribution in [0.4, 0.5) is 13.2 Å². The molecule has 1 atom stereocenters. The number of nitrogens with zero attached hydrogens (tertiary/aromatic N) is 4. The second-order valence-corrected chi connectivity index (χ2v) is 17.3. The zero-order valence-electron chi connectivity index (χ0n) is 22.9. The number of piperidine rings is 1. The Labute approximate surface area is 230 Å². The van der Waals surface area contributed by atoms with Gasteiger partial charge in [-0.15, -0.1) is 0 Å². The first-order valence-corrected chi connectivity index (χ1v) is 17.2. The number of aromatic amines is 1. The maximum absolute atomic E-state index is 14.1. The number of rotatable bonds is 8. The Kier molecular flexibility index (Phi) is 7.77. The van der Waals surface area contributed by atoms with E-state index in [-0.39, 0.29) is 6.73 Å². The molecule has 0 bridgehead atoms. The fourth-order valence-corrected chi connectivity index (χ4v) is 6.03. The minimum Gasteiger partial charge on any atom is -0.361 e. The van der Waals surface area contributed by atoms with Crippen molar-refractivity contribution in [1.29, 1.82) is 0 Å². The van der Waals surface area contributed by atoms with Gasteiger partial charge in [-0.2, -0.15) is 13.2 Å². The largest absolute Gasteiger partial charge is 0.416 e. The molecule has 8 nitrogen and oxygen atoms in total. The minimum absolute atomic E-state index is 0.158. The molecule has 1 unspecified atom stereocenters. The smallest absolute Gasteiger partial charge is 0.361 e. The van der Waals surface area contributed by atoms with E-state index in [2.05, 4.69) is 34.5 Å². The lowest BCUT2D eigenvalue weighted by Crippen LogP contribution is -2.47. The van der Waals surface area contributed by atoms with Crippen LogP contribution in [0.1, 0.15) is 36.6 Å². The summed E-state index contributed by atoms with van der Waals surface area (Å²) in [5, 5.41) is 0.985. The van der Waals surface area contributed by atoms with Crippen molar-refractivity contribution in [2.24, 2.45) is 0 Å². The molecule has 1 fully saturated rings. The fraction of sp³-hybridized carbons (Fsp3) is 0.464. The molecule has 214 valence electrons. The highest BCUT2D eigenvalue weighted by atomic mass is 28.3. The molecule has 4 heterocycles. The number of halogens is 3. The summed E-state index contributed by atoms with van der Waals surface area (Å²) in [7, 11) is -1.37. The van der Waals surface area contributed by atoms with Crippen molar-refractivity contribution in [2.45, 2.75) is 70.6 Å². The van der Waals surface area contributed by atoms with E-state index in [0.29, 0.717) is 53.6 Å². The monoisotopic (exact) mass is 573 g/mol. The Morgan fingerprint density at radius 2 is 1.82 bits per heavy atom. The minimum atomic E-state index is -4.40. The number of hydrogen-bond donors (Lipinski definition) is 1. The van der Waals surface area contributed by atoms with E-state index in [4.69, 9.17) is 4.74 Å². The molecule has 0 spiro atoms. The first-order valence-electron chi connectivity index (χ1n) is 13.5. The number of hydrogen-bond acceptors (Lipinski definition) is 5. The molecule has 3 aromatic heterocycles. The van der Waals surface area contributed by atoms with E-state index in [1.54, 1.807) is 16.8 Å². The van der Waals surface area contributed by atoms with Gasteiger partial charge in [0.15, 0.2) is 0 Å². The maximum atomic E-state index is 14.1. The molecule has 1 aliphatic rings. The van der Waals surface area contributed by atoms with Crippen LogP contribution in [-0.2, 0) is 24.2 Å². The third kappa shape index (κ3) is 5.79. The Balaban J connectivity index is 1.58. The van der Waals surface area contributed by atoms with Crippen LogP contribution in [0.25, 0.3) is 21.9 Å². The summed E-state index contributed by atoms with van der Waals surface area (Å²) in [6.45, 7) is 8.01. The van der Waals surface area contributed by atoms with Gasteiger partial charge in [0.1, 0.15) is 12.4 Å². The summed E-state index contributed by atoms with van der Waals surface area (Å²) in [6.07, 6.45) is 0.823. The highest BCUT2D eigenvalue weighted by molar-refractivity contribution is 6.76. The maximum Gasteiger partial charge on any atom is 0.416 e. The molecule has 1 aromatic carbocycles. The van der Waals surface area contributed by atoms with Crippen LogP contribution >= 0.6 is 0 Å². The van der Waals surface area contributed by atoms with Crippen molar-refractivity contribution < 1.29 is 17.9 Å². The lowest BCUT2D eigenvalue weighted by molar-refractivity contribution is -0.137. The number of ether oxygens (including phenoxy) is 1. The Bertz CT molecular complexity index is 1620. The topological polar surface area (TPSA) is 85.2 Å². The predicted octanol–water partition coefficient (Wildman–Crippen LogP) is 5.56. The third-order valence-electron chi connectivity index (χ3n) is 7.47. The van der Waals surface area contributed by atoms with Crippen LogP contribution in [0.5, 0.6) is 0 Å². The number of nitrogens with one attached hydrogen (secondary N) is 1. The van der Waals surface area contributed by atoms with Crippen molar-refractivity contribution in [3.8, 4) is 0 Å². The van der Waals surface area contributed by atoms with Gasteiger partial charge in [-0.3, -0.25) is 14.3 Å². The normalized spacial score (nSPS) is 17.2. The number of benzene rings is 1. The van der Waals surface area contributed by atoms with Crippen LogP contribution in [0.15, 0.2) is 52.3 Å². The first-order chi connectivity index (χ1) is 18.9. The summed E-state index contributed by atoms with van der Waals surface area (Å²) in [5.41, 5.74) is 0.164. The van der Waals surface area contributed by atoms with Crippen molar-refractivity contribution in [2.75, 3.05) is 13.2 Å². The average molecular weight is 574 g/mol. The van der Waals surface area contributed by atoms with Gasteiger partial charge in [0, 0.05) is 45.6 Å². The number of H-pyrrole nitrogens is 1. The lowest BCUT2D eigenvalue weighted by atomic mass is 10.0. The molecular weight excluding hydrogens is 539 g/mol. The number of fused-ring (bicyclic) bond motifs is 3. The highest BCUT2D eigenvalue weighted by Crippen LogP contribution is 2.32. The first kappa shape index (κ1) is 28.3. The number of alkyl halides is 3. The van der Waals surface area contributed by atoms with Crippen LogP contribution in [0.3, 0.4) is 0 Å². The molecule has 12 heteroatoms. The Morgan fingerprint density at radius 3 is 2.52 bits per heavy atom. The number of aromatic nitrogens is 4. The van der Waals surface area contributed by atoms with Crippen molar-refractivity contribution >= 4 is 30.0 Å². The third-order valence-corrected chi connectivity index (χ3v) is 9.18. The van der Waals surface area contributed by atoms with Gasteiger partial charge in [0.25, 0.3) is 5.56 Å². The fourth-order valence-electron chi connectivity index (χ4n) is 5.28. The van der Waals surface area contributed by atoms with E-state index in [9.17, 15) is 22.8 Å². The molecule has 5 rings (SSSR count). The molecule has 1 saturated heterocycles. The Morgan fingerprint density at radius 1 is 1.07 bits per heavy atom. The number of likely N-dealkylation sites (tertiary alicyclic amines) is 1. The van der Waals surface area contributed by atoms with Crippen molar-refractivity contribution in [3.05, 3.63) is 74.7 Å². The predicted molar refractivity (Wildman–Crippen MR) is 151 cm³/mol. The summed E-state index contributed by atoms with van der Waals surface area (Å²) in [5.74, 6) is 0. The van der Waals surface area contributed by atoms with E-state index in [1.807, 2.05) is 0 Å². The van der Waals surface area contributed by atoms with Gasteiger partial charge in [-0.25, -0.2) is 14.3 Å². The van der Waals surface area contributed by atoms with Crippen LogP contribution < -0.4 is 11.2 Å². The summed E-state index contributed by atoms with van der Waals surface area (Å²) in [4.78, 5) is 37.2. The lowest BCUT2D eigenvalue weighted by Gasteiger charge is -2.37. The van der Waals surface area contributed by atoms with Gasteiger partial charge < -0.3 is 9.72 Å². The van der Waals surface area contributed by atoms with E-state index in [1.165, 1.54) is 18.3 Å². The summed E-state index contributed by atoms with van der Waals surface area (Å²) in [6, 6.07) is 7.84. The molecule has 0 saturated carbocycles. The number of pyridine rings is 1.